The number of hydrogen-bond acceptors (Lipinski definition) is 5. The number of imidazole rings is 1. The van der Waals surface area contributed by atoms with Crippen molar-refractivity contribution in [3.05, 3.63) is 182 Å². The summed E-state index contributed by atoms with van der Waals surface area (Å²) in [5.74, 6) is 2.58. The third-order valence-electron chi connectivity index (χ3n) is 9.60. The number of fused-ring (bicyclic) bond motifs is 7. The van der Waals surface area contributed by atoms with Gasteiger partial charge in [-0.3, -0.25) is 9.47 Å². The molecule has 6 heteroatoms. The molecule has 1 aliphatic heterocycles. The van der Waals surface area contributed by atoms with Crippen LogP contribution in [0, 0.1) is 0 Å². The van der Waals surface area contributed by atoms with Crippen LogP contribution in [0.5, 0.6) is 0 Å². The molecular weight excluding hydrogens is 637 g/mol. The minimum Gasteiger partial charge on any atom is -0.279 e. The molecule has 6 nitrogen and oxygen atoms in total. The van der Waals surface area contributed by atoms with Gasteiger partial charge in [0.25, 0.3) is 0 Å². The van der Waals surface area contributed by atoms with Crippen LogP contribution in [0.4, 0.5) is 17.3 Å². The van der Waals surface area contributed by atoms with Crippen molar-refractivity contribution in [1.29, 1.82) is 0 Å². The molecule has 244 valence electrons. The van der Waals surface area contributed by atoms with Crippen LogP contribution in [-0.2, 0) is 0 Å². The standard InChI is InChI=1S/C46H30N6/c1-3-16-31(17-4-1)33-20-15-21-34(30-33)44-48-43(32-18-5-2-6-19-32)49-45(50-44)37-24-9-13-28-41(37)51-39-26-11-7-22-35(39)36-23-8-12-27-40(36)52-42-29-14-10-25-38(42)47-46(51)52/h1-30H. The Labute approximate surface area is 301 Å². The van der Waals surface area contributed by atoms with Crippen LogP contribution in [0.3, 0.4) is 0 Å². The van der Waals surface area contributed by atoms with Gasteiger partial charge in [0, 0.05) is 27.8 Å². The molecule has 9 aromatic rings. The van der Waals surface area contributed by atoms with E-state index in [1.54, 1.807) is 0 Å². The van der Waals surface area contributed by atoms with Crippen molar-refractivity contribution in [3.8, 4) is 62.1 Å². The van der Waals surface area contributed by atoms with E-state index in [9.17, 15) is 0 Å². The Morgan fingerprint density at radius 3 is 1.58 bits per heavy atom. The van der Waals surface area contributed by atoms with Gasteiger partial charge < -0.3 is 0 Å². The number of nitrogens with zero attached hydrogens (tertiary/aromatic N) is 6. The number of rotatable bonds is 5. The van der Waals surface area contributed by atoms with Crippen molar-refractivity contribution >= 4 is 28.4 Å². The first-order chi connectivity index (χ1) is 25.8. The van der Waals surface area contributed by atoms with E-state index < -0.39 is 0 Å². The highest BCUT2D eigenvalue weighted by Crippen LogP contribution is 2.49. The topological polar surface area (TPSA) is 59.7 Å². The smallest absolute Gasteiger partial charge is 0.220 e. The van der Waals surface area contributed by atoms with Crippen molar-refractivity contribution in [2.45, 2.75) is 0 Å². The summed E-state index contributed by atoms with van der Waals surface area (Å²) in [5, 5.41) is 0. The molecule has 0 saturated heterocycles. The molecule has 0 atom stereocenters. The summed E-state index contributed by atoms with van der Waals surface area (Å²) >= 11 is 0. The van der Waals surface area contributed by atoms with Gasteiger partial charge in [-0.2, -0.15) is 0 Å². The third-order valence-corrected chi connectivity index (χ3v) is 9.60. The fraction of sp³-hybridized carbons (Fsp3) is 0. The van der Waals surface area contributed by atoms with Crippen LogP contribution in [-0.4, -0.2) is 24.5 Å². The van der Waals surface area contributed by atoms with Gasteiger partial charge in [-0.05, 0) is 53.6 Å². The summed E-state index contributed by atoms with van der Waals surface area (Å²) in [5.41, 5.74) is 12.1. The molecule has 2 aromatic heterocycles. The molecule has 0 unspecified atom stereocenters. The fourth-order valence-corrected chi connectivity index (χ4v) is 7.21. The molecule has 10 rings (SSSR count). The number of aromatic nitrogens is 5. The molecule has 0 saturated carbocycles. The van der Waals surface area contributed by atoms with E-state index in [1.165, 1.54) is 0 Å². The van der Waals surface area contributed by atoms with E-state index in [0.29, 0.717) is 17.5 Å². The molecule has 1 aliphatic rings. The van der Waals surface area contributed by atoms with E-state index in [1.807, 2.05) is 48.5 Å². The predicted octanol–water partition coefficient (Wildman–Crippen LogP) is 11.3. The van der Waals surface area contributed by atoms with E-state index in [2.05, 4.69) is 143 Å². The van der Waals surface area contributed by atoms with Crippen LogP contribution < -0.4 is 4.90 Å². The van der Waals surface area contributed by atoms with Gasteiger partial charge in [-0.15, -0.1) is 0 Å². The van der Waals surface area contributed by atoms with E-state index in [0.717, 1.165) is 73.0 Å². The number of hydrogen-bond donors (Lipinski definition) is 0. The van der Waals surface area contributed by atoms with Crippen molar-refractivity contribution in [1.82, 2.24) is 24.5 Å². The molecule has 0 radical (unpaired) electrons. The second-order valence-electron chi connectivity index (χ2n) is 12.7. The second kappa shape index (κ2) is 12.3. The van der Waals surface area contributed by atoms with Gasteiger partial charge >= 0.3 is 0 Å². The van der Waals surface area contributed by atoms with Crippen LogP contribution in [0.2, 0.25) is 0 Å². The van der Waals surface area contributed by atoms with Crippen molar-refractivity contribution < 1.29 is 0 Å². The maximum atomic E-state index is 5.31. The lowest BCUT2D eigenvalue weighted by Gasteiger charge is -2.26. The van der Waals surface area contributed by atoms with Crippen LogP contribution in [0.1, 0.15) is 0 Å². The molecule has 0 aliphatic carbocycles. The first kappa shape index (κ1) is 29.7. The minimum absolute atomic E-state index is 0.575. The average molecular weight is 667 g/mol. The van der Waals surface area contributed by atoms with Gasteiger partial charge in [-0.25, -0.2) is 19.9 Å². The lowest BCUT2D eigenvalue weighted by molar-refractivity contribution is 1.04. The molecule has 52 heavy (non-hydrogen) atoms. The van der Waals surface area contributed by atoms with E-state index in [4.69, 9.17) is 19.9 Å². The maximum absolute atomic E-state index is 5.31. The summed E-state index contributed by atoms with van der Waals surface area (Å²) in [4.78, 5) is 23.0. The molecule has 0 bridgehead atoms. The Morgan fingerprint density at radius 2 is 0.827 bits per heavy atom. The summed E-state index contributed by atoms with van der Waals surface area (Å²) in [6.07, 6.45) is 0. The summed E-state index contributed by atoms with van der Waals surface area (Å²) in [7, 11) is 0. The second-order valence-corrected chi connectivity index (χ2v) is 12.7. The first-order valence-corrected chi connectivity index (χ1v) is 17.3. The summed E-state index contributed by atoms with van der Waals surface area (Å²) in [6.45, 7) is 0. The summed E-state index contributed by atoms with van der Waals surface area (Å²) < 4.78 is 2.27. The molecule has 0 fully saturated rings. The lowest BCUT2D eigenvalue weighted by Crippen LogP contribution is -2.15. The Bertz CT molecular complexity index is 2750. The average Bonchev–Trinajstić information content (AvgIpc) is 3.55. The maximum Gasteiger partial charge on any atom is 0.220 e. The van der Waals surface area contributed by atoms with E-state index in [-0.39, 0.29) is 0 Å². The first-order valence-electron chi connectivity index (χ1n) is 17.3. The third kappa shape index (κ3) is 4.96. The highest BCUT2D eigenvalue weighted by molar-refractivity contribution is 5.98. The van der Waals surface area contributed by atoms with Gasteiger partial charge in [0.2, 0.25) is 5.95 Å². The number of benzene rings is 7. The molecule has 0 N–H and O–H groups in total. The Kier molecular flexibility index (Phi) is 7.03. The van der Waals surface area contributed by atoms with Crippen molar-refractivity contribution in [2.75, 3.05) is 4.90 Å². The lowest BCUT2D eigenvalue weighted by atomic mass is 10.0. The fourth-order valence-electron chi connectivity index (χ4n) is 7.21. The van der Waals surface area contributed by atoms with Crippen molar-refractivity contribution in [3.63, 3.8) is 0 Å². The molecule has 7 aromatic carbocycles. The van der Waals surface area contributed by atoms with Crippen LogP contribution >= 0.6 is 0 Å². The van der Waals surface area contributed by atoms with Gasteiger partial charge in [-0.1, -0.05) is 140 Å². The Hall–Kier alpha value is -7.18. The monoisotopic (exact) mass is 666 g/mol. The molecule has 0 spiro atoms. The van der Waals surface area contributed by atoms with Crippen molar-refractivity contribution in [2.24, 2.45) is 0 Å². The highest BCUT2D eigenvalue weighted by atomic mass is 15.3. The highest BCUT2D eigenvalue weighted by Gasteiger charge is 2.31. The number of para-hydroxylation sites is 5. The quantitative estimate of drug-likeness (QED) is 0.183. The van der Waals surface area contributed by atoms with E-state index >= 15 is 0 Å². The molecular formula is C46H30N6. The molecule has 3 heterocycles. The normalized spacial score (nSPS) is 11.8. The Morgan fingerprint density at radius 1 is 0.327 bits per heavy atom. The Balaban J connectivity index is 1.23. The zero-order valence-electron chi connectivity index (χ0n) is 28.0. The van der Waals surface area contributed by atoms with Crippen LogP contribution in [0.25, 0.3) is 73.1 Å². The minimum atomic E-state index is 0.575. The number of anilines is 3. The van der Waals surface area contributed by atoms with Crippen LogP contribution in [0.15, 0.2) is 182 Å². The van der Waals surface area contributed by atoms with Gasteiger partial charge in [0.05, 0.1) is 28.1 Å². The molecule has 0 amide bonds. The van der Waals surface area contributed by atoms with Gasteiger partial charge in [0.1, 0.15) is 0 Å². The zero-order chi connectivity index (χ0) is 34.4. The largest absolute Gasteiger partial charge is 0.279 e. The summed E-state index contributed by atoms with van der Waals surface area (Å²) in [6, 6.07) is 62.6. The predicted molar refractivity (Wildman–Crippen MR) is 210 cm³/mol. The van der Waals surface area contributed by atoms with Gasteiger partial charge in [0.15, 0.2) is 17.5 Å². The SMILES string of the molecule is c1ccc(-c2cccc(-c3nc(-c4ccccc4)nc(-c4ccccc4N4c5ccccc5-c5ccccc5-n5c4nc4ccccc45)n3)c2)cc1. The zero-order valence-corrected chi connectivity index (χ0v) is 28.0.